The van der Waals surface area contributed by atoms with Gasteiger partial charge < -0.3 is 5.32 Å². The van der Waals surface area contributed by atoms with Crippen molar-refractivity contribution in [2.45, 2.75) is 11.8 Å². The molecule has 21 heavy (non-hydrogen) atoms. The largest absolute Gasteiger partial charge is 0.325 e. The Morgan fingerprint density at radius 1 is 1.29 bits per heavy atom. The van der Waals surface area contributed by atoms with Crippen molar-refractivity contribution < 1.29 is 4.79 Å². The molecule has 3 aromatic rings. The zero-order valence-corrected chi connectivity index (χ0v) is 13.0. The molecule has 0 bridgehead atoms. The molecule has 0 atom stereocenters. The Bertz CT molecular complexity index is 771. The van der Waals surface area contributed by atoms with E-state index in [0.29, 0.717) is 5.75 Å². The molecule has 1 aromatic carbocycles. The van der Waals surface area contributed by atoms with Gasteiger partial charge >= 0.3 is 0 Å². The van der Waals surface area contributed by atoms with Crippen molar-refractivity contribution in [2.75, 3.05) is 11.1 Å². The van der Waals surface area contributed by atoms with Crippen molar-refractivity contribution >= 4 is 44.9 Å². The number of thioether (sulfide) groups is 1. The van der Waals surface area contributed by atoms with Crippen LogP contribution in [0.25, 0.3) is 10.2 Å². The number of rotatable bonds is 4. The number of hydrogen-bond acceptors (Lipinski definition) is 5. The van der Waals surface area contributed by atoms with Crippen LogP contribution in [0.5, 0.6) is 0 Å². The average Bonchev–Trinajstić information content (AvgIpc) is 2.85. The second kappa shape index (κ2) is 6.24. The first-order chi connectivity index (χ1) is 10.2. The molecule has 0 aliphatic carbocycles. The SMILES string of the molecule is Cc1nc2ccc(NC(=O)CSc3ccncc3)cc2s1. The molecular formula is C15H13N3OS2. The molecule has 1 amide bonds. The molecule has 0 spiro atoms. The van der Waals surface area contributed by atoms with Crippen LogP contribution in [0.1, 0.15) is 5.01 Å². The van der Waals surface area contributed by atoms with Gasteiger partial charge in [-0.05, 0) is 37.3 Å². The lowest BCUT2D eigenvalue weighted by Gasteiger charge is -2.05. The predicted molar refractivity (Wildman–Crippen MR) is 87.9 cm³/mol. The van der Waals surface area contributed by atoms with Crippen LogP contribution in [0.3, 0.4) is 0 Å². The lowest BCUT2D eigenvalue weighted by atomic mass is 10.3. The summed E-state index contributed by atoms with van der Waals surface area (Å²) in [4.78, 5) is 21.4. The number of thiazole rings is 1. The van der Waals surface area contributed by atoms with Crippen LogP contribution in [0.2, 0.25) is 0 Å². The maximum atomic E-state index is 12.0. The van der Waals surface area contributed by atoms with Gasteiger partial charge in [-0.25, -0.2) is 4.98 Å². The molecule has 0 aliphatic rings. The number of nitrogens with zero attached hydrogens (tertiary/aromatic N) is 2. The van der Waals surface area contributed by atoms with E-state index in [4.69, 9.17) is 0 Å². The van der Waals surface area contributed by atoms with Gasteiger partial charge in [-0.15, -0.1) is 23.1 Å². The van der Waals surface area contributed by atoms with Gasteiger partial charge in [0.2, 0.25) is 5.91 Å². The van der Waals surface area contributed by atoms with E-state index in [0.717, 1.165) is 25.8 Å². The smallest absolute Gasteiger partial charge is 0.234 e. The Morgan fingerprint density at radius 2 is 2.10 bits per heavy atom. The number of fused-ring (bicyclic) bond motifs is 1. The fourth-order valence-corrected chi connectivity index (χ4v) is 3.45. The predicted octanol–water partition coefficient (Wildman–Crippen LogP) is 3.73. The Hall–Kier alpha value is -1.92. The van der Waals surface area contributed by atoms with E-state index in [2.05, 4.69) is 15.3 Å². The van der Waals surface area contributed by atoms with E-state index >= 15 is 0 Å². The maximum absolute atomic E-state index is 12.0. The standard InChI is InChI=1S/C15H13N3OS2/c1-10-17-13-3-2-11(8-14(13)21-10)18-15(19)9-20-12-4-6-16-7-5-12/h2-8H,9H2,1H3,(H,18,19). The van der Waals surface area contributed by atoms with Gasteiger partial charge in [-0.1, -0.05) is 0 Å². The van der Waals surface area contributed by atoms with Gasteiger partial charge in [0.15, 0.2) is 0 Å². The molecular weight excluding hydrogens is 302 g/mol. The Labute approximate surface area is 130 Å². The summed E-state index contributed by atoms with van der Waals surface area (Å²) in [5.74, 6) is 0.362. The number of nitrogens with one attached hydrogen (secondary N) is 1. The van der Waals surface area contributed by atoms with Crippen LogP contribution < -0.4 is 5.32 Å². The number of aromatic nitrogens is 2. The van der Waals surface area contributed by atoms with Crippen molar-refractivity contribution in [2.24, 2.45) is 0 Å². The van der Waals surface area contributed by atoms with Gasteiger partial charge in [-0.2, -0.15) is 0 Å². The van der Waals surface area contributed by atoms with Crippen molar-refractivity contribution in [1.82, 2.24) is 9.97 Å². The summed E-state index contributed by atoms with van der Waals surface area (Å²) in [6, 6.07) is 9.57. The molecule has 1 N–H and O–H groups in total. The summed E-state index contributed by atoms with van der Waals surface area (Å²) in [7, 11) is 0. The van der Waals surface area contributed by atoms with Crippen molar-refractivity contribution in [1.29, 1.82) is 0 Å². The number of aryl methyl sites for hydroxylation is 1. The Morgan fingerprint density at radius 3 is 2.90 bits per heavy atom. The van der Waals surface area contributed by atoms with E-state index < -0.39 is 0 Å². The van der Waals surface area contributed by atoms with Gasteiger partial charge in [0.25, 0.3) is 0 Å². The minimum absolute atomic E-state index is 0.0163. The maximum Gasteiger partial charge on any atom is 0.234 e. The number of carbonyl (C=O) groups excluding carboxylic acids is 1. The number of benzene rings is 1. The van der Waals surface area contributed by atoms with E-state index in [1.54, 1.807) is 23.7 Å². The molecule has 4 nitrogen and oxygen atoms in total. The molecule has 0 saturated heterocycles. The van der Waals surface area contributed by atoms with E-state index in [-0.39, 0.29) is 5.91 Å². The first kappa shape index (κ1) is 14.0. The highest BCUT2D eigenvalue weighted by atomic mass is 32.2. The molecule has 0 unspecified atom stereocenters. The van der Waals surface area contributed by atoms with Crippen molar-refractivity contribution in [3.8, 4) is 0 Å². The van der Waals surface area contributed by atoms with E-state index in [1.807, 2.05) is 37.3 Å². The second-order valence-corrected chi connectivity index (χ2v) is 6.72. The van der Waals surface area contributed by atoms with Crippen molar-refractivity contribution in [3.05, 3.63) is 47.7 Å². The van der Waals surface area contributed by atoms with E-state index in [9.17, 15) is 4.79 Å². The molecule has 0 fully saturated rings. The van der Waals surface area contributed by atoms with E-state index in [1.165, 1.54) is 11.8 Å². The van der Waals surface area contributed by atoms with Gasteiger partial charge in [-0.3, -0.25) is 9.78 Å². The molecule has 3 rings (SSSR count). The fourth-order valence-electron chi connectivity index (χ4n) is 1.90. The molecule has 106 valence electrons. The Kier molecular flexibility index (Phi) is 4.17. The quantitative estimate of drug-likeness (QED) is 0.745. The zero-order valence-electron chi connectivity index (χ0n) is 11.4. The number of hydrogen-bond donors (Lipinski definition) is 1. The lowest BCUT2D eigenvalue weighted by Crippen LogP contribution is -2.13. The van der Waals surface area contributed by atoms with Crippen LogP contribution in [0.15, 0.2) is 47.6 Å². The number of amides is 1. The zero-order chi connectivity index (χ0) is 14.7. The lowest BCUT2D eigenvalue weighted by molar-refractivity contribution is -0.113. The van der Waals surface area contributed by atoms with Gasteiger partial charge in [0.1, 0.15) is 0 Å². The van der Waals surface area contributed by atoms with Crippen LogP contribution in [0.4, 0.5) is 5.69 Å². The summed E-state index contributed by atoms with van der Waals surface area (Å²) in [6.45, 7) is 1.98. The number of carbonyl (C=O) groups is 1. The third-order valence-corrected chi connectivity index (χ3v) is 4.74. The highest BCUT2D eigenvalue weighted by molar-refractivity contribution is 8.00. The fraction of sp³-hybridized carbons (Fsp3) is 0.133. The first-order valence-corrected chi connectivity index (χ1v) is 8.21. The third kappa shape index (κ3) is 3.59. The highest BCUT2D eigenvalue weighted by Gasteiger charge is 2.06. The Balaban J connectivity index is 1.63. The summed E-state index contributed by atoms with van der Waals surface area (Å²) in [5.41, 5.74) is 1.79. The number of pyridine rings is 1. The number of anilines is 1. The minimum Gasteiger partial charge on any atom is -0.325 e. The summed E-state index contributed by atoms with van der Waals surface area (Å²) in [6.07, 6.45) is 3.45. The normalized spacial score (nSPS) is 10.7. The van der Waals surface area contributed by atoms with Crippen LogP contribution in [-0.2, 0) is 4.79 Å². The summed E-state index contributed by atoms with van der Waals surface area (Å²) in [5, 5.41) is 3.95. The molecule has 2 aromatic heterocycles. The summed E-state index contributed by atoms with van der Waals surface area (Å²) >= 11 is 3.12. The van der Waals surface area contributed by atoms with Gasteiger partial charge in [0.05, 0.1) is 21.0 Å². The molecule has 2 heterocycles. The van der Waals surface area contributed by atoms with Crippen LogP contribution in [0, 0.1) is 6.92 Å². The van der Waals surface area contributed by atoms with Crippen LogP contribution in [-0.4, -0.2) is 21.6 Å². The first-order valence-electron chi connectivity index (χ1n) is 6.40. The highest BCUT2D eigenvalue weighted by Crippen LogP contribution is 2.25. The minimum atomic E-state index is -0.0163. The van der Waals surface area contributed by atoms with Crippen molar-refractivity contribution in [3.63, 3.8) is 0 Å². The molecule has 6 heteroatoms. The summed E-state index contributed by atoms with van der Waals surface area (Å²) < 4.78 is 1.09. The third-order valence-electron chi connectivity index (χ3n) is 2.80. The molecule has 0 saturated carbocycles. The second-order valence-electron chi connectivity index (χ2n) is 4.44. The molecule has 0 radical (unpaired) electrons. The average molecular weight is 315 g/mol. The topological polar surface area (TPSA) is 54.9 Å². The van der Waals surface area contributed by atoms with Crippen LogP contribution >= 0.6 is 23.1 Å². The molecule has 0 aliphatic heterocycles. The monoisotopic (exact) mass is 315 g/mol. The van der Waals surface area contributed by atoms with Gasteiger partial charge in [0, 0.05) is 23.0 Å².